The molecule has 2 aromatic rings. The minimum Gasteiger partial charge on any atom is -0.344 e. The summed E-state index contributed by atoms with van der Waals surface area (Å²) in [7, 11) is -4.01. The molecule has 0 aliphatic carbocycles. The number of sulfonamides is 1. The van der Waals surface area contributed by atoms with Crippen LogP contribution in [0, 0.1) is 20.8 Å². The maximum absolute atomic E-state index is 13.7. The Hall–Kier alpha value is -2.67. The molecule has 3 atom stereocenters. The van der Waals surface area contributed by atoms with E-state index in [9.17, 15) is 22.8 Å². The van der Waals surface area contributed by atoms with Gasteiger partial charge in [-0.05, 0) is 82.5 Å². The molecule has 2 fully saturated rings. The van der Waals surface area contributed by atoms with E-state index >= 15 is 0 Å². The van der Waals surface area contributed by atoms with Crippen LogP contribution in [0.2, 0.25) is 0 Å². The van der Waals surface area contributed by atoms with Crippen molar-refractivity contribution in [3.05, 3.63) is 63.7 Å². The summed E-state index contributed by atoms with van der Waals surface area (Å²) < 4.78 is 28.4. The molecule has 2 aliphatic rings. The lowest BCUT2D eigenvalue weighted by Gasteiger charge is -2.46. The normalized spacial score (nSPS) is 21.4. The van der Waals surface area contributed by atoms with Crippen LogP contribution >= 0.6 is 22.6 Å². The molecule has 2 aromatic carbocycles. The number of rotatable bonds is 7. The van der Waals surface area contributed by atoms with Crippen molar-refractivity contribution in [2.45, 2.75) is 57.4 Å². The zero-order chi connectivity index (χ0) is 29.9. The molecule has 11 heteroatoms. The summed E-state index contributed by atoms with van der Waals surface area (Å²) in [5.41, 5.74) is 1.15. The van der Waals surface area contributed by atoms with Gasteiger partial charge in [-0.15, -0.1) is 0 Å². The largest absolute Gasteiger partial charge is 0.344 e. The van der Waals surface area contributed by atoms with Gasteiger partial charge >= 0.3 is 6.03 Å². The maximum Gasteiger partial charge on any atom is 0.331 e. The number of halogens is 1. The summed E-state index contributed by atoms with van der Waals surface area (Å²) in [6.45, 7) is 9.73. The molecule has 2 saturated heterocycles. The average Bonchev–Trinajstić information content (AvgIpc) is 3.42. The molecule has 0 saturated carbocycles. The highest BCUT2D eigenvalue weighted by molar-refractivity contribution is 14.1. The van der Waals surface area contributed by atoms with E-state index in [0.717, 1.165) is 6.42 Å². The summed E-state index contributed by atoms with van der Waals surface area (Å²) in [6, 6.07) is 14.8. The predicted octanol–water partition coefficient (Wildman–Crippen LogP) is 4.19. The first-order valence-corrected chi connectivity index (χ1v) is 16.6. The van der Waals surface area contributed by atoms with Crippen LogP contribution in [0.3, 0.4) is 0 Å². The second-order valence-electron chi connectivity index (χ2n) is 12.0. The molecule has 9 nitrogen and oxygen atoms in total. The van der Waals surface area contributed by atoms with E-state index in [0.29, 0.717) is 25.4 Å². The van der Waals surface area contributed by atoms with Crippen LogP contribution < -0.4 is 10.0 Å². The van der Waals surface area contributed by atoms with Crippen LogP contribution in [0.15, 0.2) is 59.5 Å². The number of carbonyl (C=O) groups excluding carboxylic acids is 3. The molecule has 0 aromatic heterocycles. The van der Waals surface area contributed by atoms with Crippen LogP contribution in [-0.2, 0) is 19.6 Å². The summed E-state index contributed by atoms with van der Waals surface area (Å²) in [5, 5.41) is 2.96. The Morgan fingerprint density at radius 3 is 2.20 bits per heavy atom. The minimum atomic E-state index is -4.01. The van der Waals surface area contributed by atoms with E-state index in [1.54, 1.807) is 18.2 Å². The second kappa shape index (κ2) is 12.7. The standard InChI is InChI=1S/C30H39IN4O5S/c1-20(2)26(28(37)35-17-15-25(30(3,4)19-35)21-10-12-23(31)13-11-21)32-27(36)22-14-16-34(18-22)29(38)33-41(39,40)24-8-6-5-7-9-24/h5-13,20,22,25-26H,14-19H2,1-4H3,(H,32,36)(H,33,38)/t22-,25-,26-/m1/s1. The zero-order valence-corrected chi connectivity index (χ0v) is 26.9. The number of urea groups is 1. The third-order valence-corrected chi connectivity index (χ3v) is 10.2. The van der Waals surface area contributed by atoms with Crippen molar-refractivity contribution in [3.63, 3.8) is 0 Å². The van der Waals surface area contributed by atoms with E-state index in [2.05, 4.69) is 70.7 Å². The number of hydrogen-bond acceptors (Lipinski definition) is 5. The number of amides is 4. The Balaban J connectivity index is 1.35. The summed E-state index contributed by atoms with van der Waals surface area (Å²) in [6.07, 6.45) is 1.23. The molecule has 0 spiro atoms. The highest BCUT2D eigenvalue weighted by atomic mass is 127. The van der Waals surface area contributed by atoms with Crippen LogP contribution in [0.25, 0.3) is 0 Å². The smallest absolute Gasteiger partial charge is 0.331 e. The molecule has 4 rings (SSSR count). The lowest BCUT2D eigenvalue weighted by molar-refractivity contribution is -0.141. The zero-order valence-electron chi connectivity index (χ0n) is 24.0. The van der Waals surface area contributed by atoms with Gasteiger partial charge in [-0.2, -0.15) is 0 Å². The first-order valence-electron chi connectivity index (χ1n) is 14.0. The van der Waals surface area contributed by atoms with Crippen molar-refractivity contribution >= 4 is 50.5 Å². The Labute approximate surface area is 256 Å². The third-order valence-electron chi connectivity index (χ3n) is 8.17. The van der Waals surface area contributed by atoms with E-state index in [1.165, 1.54) is 26.2 Å². The molecule has 222 valence electrons. The molecule has 0 unspecified atom stereocenters. The topological polar surface area (TPSA) is 116 Å². The van der Waals surface area contributed by atoms with Crippen LogP contribution in [0.1, 0.15) is 52.0 Å². The predicted molar refractivity (Wildman–Crippen MR) is 165 cm³/mol. The fraction of sp³-hybridized carbons (Fsp3) is 0.500. The van der Waals surface area contributed by atoms with Gasteiger partial charge in [0.05, 0.1) is 10.8 Å². The van der Waals surface area contributed by atoms with Gasteiger partial charge < -0.3 is 15.1 Å². The summed E-state index contributed by atoms with van der Waals surface area (Å²) >= 11 is 2.30. The Morgan fingerprint density at radius 1 is 0.951 bits per heavy atom. The molecule has 2 heterocycles. The second-order valence-corrected chi connectivity index (χ2v) is 15.0. The number of likely N-dealkylation sites (tertiary alicyclic amines) is 2. The highest BCUT2D eigenvalue weighted by Crippen LogP contribution is 2.42. The minimum absolute atomic E-state index is 0.00844. The molecule has 0 bridgehead atoms. The molecule has 0 radical (unpaired) electrons. The van der Waals surface area contributed by atoms with Gasteiger partial charge in [0.1, 0.15) is 6.04 Å². The van der Waals surface area contributed by atoms with Crippen molar-refractivity contribution in [2.24, 2.45) is 17.3 Å². The molecule has 2 aliphatic heterocycles. The van der Waals surface area contributed by atoms with Crippen molar-refractivity contribution in [3.8, 4) is 0 Å². The summed E-state index contributed by atoms with van der Waals surface area (Å²) in [5.74, 6) is -0.718. The van der Waals surface area contributed by atoms with Crippen LogP contribution in [0.5, 0.6) is 0 Å². The fourth-order valence-corrected chi connectivity index (χ4v) is 7.19. The first-order chi connectivity index (χ1) is 19.3. The summed E-state index contributed by atoms with van der Waals surface area (Å²) in [4.78, 5) is 42.8. The lowest BCUT2D eigenvalue weighted by Crippen LogP contribution is -2.56. The van der Waals surface area contributed by atoms with Crippen molar-refractivity contribution in [1.82, 2.24) is 19.8 Å². The van der Waals surface area contributed by atoms with E-state index < -0.39 is 28.0 Å². The van der Waals surface area contributed by atoms with Gasteiger partial charge in [0.15, 0.2) is 0 Å². The highest BCUT2D eigenvalue weighted by Gasteiger charge is 2.41. The van der Waals surface area contributed by atoms with Gasteiger partial charge in [0.25, 0.3) is 10.0 Å². The molecular formula is C30H39IN4O5S. The Kier molecular flexibility index (Phi) is 9.67. The van der Waals surface area contributed by atoms with Gasteiger partial charge in [0.2, 0.25) is 11.8 Å². The maximum atomic E-state index is 13.7. The molecular weight excluding hydrogens is 655 g/mol. The van der Waals surface area contributed by atoms with Crippen molar-refractivity contribution in [2.75, 3.05) is 26.2 Å². The fourth-order valence-electron chi connectivity index (χ4n) is 5.84. The molecule has 4 amide bonds. The van der Waals surface area contributed by atoms with Crippen LogP contribution in [0.4, 0.5) is 4.79 Å². The average molecular weight is 695 g/mol. The number of benzene rings is 2. The van der Waals surface area contributed by atoms with E-state index in [4.69, 9.17) is 0 Å². The van der Waals surface area contributed by atoms with Crippen LogP contribution in [-0.4, -0.2) is 68.3 Å². The Morgan fingerprint density at radius 2 is 1.59 bits per heavy atom. The quantitative estimate of drug-likeness (QED) is 0.422. The SMILES string of the molecule is CC(C)[C@@H](NC(=O)[C@@H]1CCN(C(=O)NS(=O)(=O)c2ccccc2)C1)C(=O)N1CC[C@H](c2ccc(I)cc2)C(C)(C)C1. The number of carbonyl (C=O) groups is 3. The van der Waals surface area contributed by atoms with E-state index in [-0.39, 0.29) is 41.1 Å². The lowest BCUT2D eigenvalue weighted by atomic mass is 9.70. The van der Waals surface area contributed by atoms with Gasteiger partial charge in [-0.25, -0.2) is 17.9 Å². The number of hydrogen-bond donors (Lipinski definition) is 2. The molecule has 41 heavy (non-hydrogen) atoms. The van der Waals surface area contributed by atoms with Crippen molar-refractivity contribution < 1.29 is 22.8 Å². The number of nitrogens with zero attached hydrogens (tertiary/aromatic N) is 2. The van der Waals surface area contributed by atoms with Crippen molar-refractivity contribution in [1.29, 1.82) is 0 Å². The first kappa shape index (κ1) is 31.3. The Bertz CT molecular complexity index is 1370. The van der Waals surface area contributed by atoms with Gasteiger partial charge in [-0.1, -0.05) is 58.0 Å². The third kappa shape index (κ3) is 7.40. The van der Waals surface area contributed by atoms with Gasteiger partial charge in [-0.3, -0.25) is 9.59 Å². The monoisotopic (exact) mass is 694 g/mol. The molecule has 2 N–H and O–H groups in total. The van der Waals surface area contributed by atoms with Gasteiger partial charge in [0, 0.05) is 29.7 Å². The van der Waals surface area contributed by atoms with E-state index in [1.807, 2.05) is 18.7 Å². The number of piperidine rings is 1. The number of nitrogens with one attached hydrogen (secondary N) is 2.